The van der Waals surface area contributed by atoms with Gasteiger partial charge in [-0.25, -0.2) is 9.78 Å². The van der Waals surface area contributed by atoms with Crippen molar-refractivity contribution >= 4 is 12.0 Å². The molecule has 0 radical (unpaired) electrons. The van der Waals surface area contributed by atoms with Gasteiger partial charge in [0.05, 0.1) is 13.0 Å². The first-order valence-corrected chi connectivity index (χ1v) is 6.79. The summed E-state index contributed by atoms with van der Waals surface area (Å²) in [6.07, 6.45) is 2.10. The summed E-state index contributed by atoms with van der Waals surface area (Å²) in [6, 6.07) is 2.99. The second kappa shape index (κ2) is 6.43. The molecule has 0 bridgehead atoms. The molecule has 1 saturated heterocycles. The molecule has 2 rings (SSSR count). The van der Waals surface area contributed by atoms with E-state index < -0.39 is 11.9 Å². The summed E-state index contributed by atoms with van der Waals surface area (Å²) in [5.74, 6) is -0.851. The average Bonchev–Trinajstić information content (AvgIpc) is 2.87. The first-order valence-electron chi connectivity index (χ1n) is 6.79. The number of pyridine rings is 1. The van der Waals surface area contributed by atoms with Crippen LogP contribution in [0.3, 0.4) is 0 Å². The Bertz CT molecular complexity index is 535. The summed E-state index contributed by atoms with van der Waals surface area (Å²) in [7, 11) is 1.53. The lowest BCUT2D eigenvalue weighted by molar-refractivity contribution is -0.142. The number of methoxy groups -OCH3 is 1. The molecule has 0 aromatic carbocycles. The number of rotatable bonds is 4. The van der Waals surface area contributed by atoms with Crippen molar-refractivity contribution in [1.29, 1.82) is 0 Å². The maximum atomic E-state index is 12.1. The van der Waals surface area contributed by atoms with Crippen LogP contribution < -0.4 is 10.1 Å². The molecule has 1 aromatic heterocycles. The van der Waals surface area contributed by atoms with Crippen molar-refractivity contribution in [2.45, 2.75) is 25.9 Å². The highest BCUT2D eigenvalue weighted by Gasteiger charge is 2.37. The molecule has 1 aliphatic rings. The van der Waals surface area contributed by atoms with Gasteiger partial charge in [0.1, 0.15) is 0 Å². The summed E-state index contributed by atoms with van der Waals surface area (Å²) < 4.78 is 5.02. The number of likely N-dealkylation sites (tertiary alicyclic amines) is 1. The number of amides is 2. The van der Waals surface area contributed by atoms with E-state index in [-0.39, 0.29) is 12.1 Å². The van der Waals surface area contributed by atoms with Crippen molar-refractivity contribution in [3.63, 3.8) is 0 Å². The van der Waals surface area contributed by atoms with E-state index >= 15 is 0 Å². The minimum Gasteiger partial charge on any atom is -0.481 e. The van der Waals surface area contributed by atoms with Crippen molar-refractivity contribution in [3.05, 3.63) is 23.9 Å². The van der Waals surface area contributed by atoms with E-state index in [0.717, 1.165) is 5.56 Å². The average molecular weight is 293 g/mol. The standard InChI is InChI=1S/C14H19N3O4/c1-9-11(13(18)19)4-6-17(9)14(20)16-8-10-3-5-15-12(7-10)21-2/h3,5,7,9,11H,4,6,8H2,1-2H3,(H,16,20)(H,18,19). The summed E-state index contributed by atoms with van der Waals surface area (Å²) in [4.78, 5) is 28.7. The zero-order valence-corrected chi connectivity index (χ0v) is 12.1. The molecule has 0 saturated carbocycles. The largest absolute Gasteiger partial charge is 0.481 e. The van der Waals surface area contributed by atoms with Crippen LogP contribution in [0.2, 0.25) is 0 Å². The fourth-order valence-corrected chi connectivity index (χ4v) is 2.51. The van der Waals surface area contributed by atoms with Gasteiger partial charge in [0.25, 0.3) is 0 Å². The summed E-state index contributed by atoms with van der Waals surface area (Å²) >= 11 is 0. The number of carboxylic acid groups (broad SMARTS) is 1. The Balaban J connectivity index is 1.91. The monoisotopic (exact) mass is 293 g/mol. The Morgan fingerprint density at radius 1 is 1.57 bits per heavy atom. The van der Waals surface area contributed by atoms with Gasteiger partial charge in [0.15, 0.2) is 0 Å². The van der Waals surface area contributed by atoms with Gasteiger partial charge in [0, 0.05) is 31.4 Å². The van der Waals surface area contributed by atoms with Crippen LogP contribution in [0.5, 0.6) is 5.88 Å². The van der Waals surface area contributed by atoms with Crippen molar-refractivity contribution < 1.29 is 19.4 Å². The fourth-order valence-electron chi connectivity index (χ4n) is 2.51. The first kappa shape index (κ1) is 15.1. The molecule has 0 spiro atoms. The zero-order chi connectivity index (χ0) is 15.4. The Labute approximate surface area is 122 Å². The number of aliphatic carboxylic acids is 1. The minimum atomic E-state index is -0.850. The molecular weight excluding hydrogens is 274 g/mol. The van der Waals surface area contributed by atoms with Gasteiger partial charge in [-0.05, 0) is 25.0 Å². The molecule has 2 heterocycles. The number of hydrogen-bond acceptors (Lipinski definition) is 4. The van der Waals surface area contributed by atoms with Crippen LogP contribution in [-0.4, -0.2) is 46.7 Å². The smallest absolute Gasteiger partial charge is 0.317 e. The molecule has 1 aliphatic heterocycles. The van der Waals surface area contributed by atoms with Gasteiger partial charge in [-0.3, -0.25) is 4.79 Å². The number of carbonyl (C=O) groups is 2. The van der Waals surface area contributed by atoms with Crippen LogP contribution in [0.25, 0.3) is 0 Å². The number of carboxylic acids is 1. The Kier molecular flexibility index (Phi) is 4.62. The summed E-state index contributed by atoms with van der Waals surface area (Å²) in [6.45, 7) is 2.57. The lowest BCUT2D eigenvalue weighted by Crippen LogP contribution is -2.43. The minimum absolute atomic E-state index is 0.248. The van der Waals surface area contributed by atoms with Crippen molar-refractivity contribution in [2.75, 3.05) is 13.7 Å². The number of hydrogen-bond donors (Lipinski definition) is 2. The predicted octanol–water partition coefficient (Wildman–Crippen LogP) is 1.09. The lowest BCUT2D eigenvalue weighted by atomic mass is 10.0. The molecule has 7 nitrogen and oxygen atoms in total. The molecule has 2 atom stereocenters. The molecule has 2 unspecified atom stereocenters. The molecule has 1 aromatic rings. The highest BCUT2D eigenvalue weighted by atomic mass is 16.5. The molecular formula is C14H19N3O4. The molecule has 7 heteroatoms. The van der Waals surface area contributed by atoms with Crippen LogP contribution in [0, 0.1) is 5.92 Å². The number of ether oxygens (including phenoxy) is 1. The molecule has 2 N–H and O–H groups in total. The van der Waals surface area contributed by atoms with E-state index in [2.05, 4.69) is 10.3 Å². The third kappa shape index (κ3) is 3.42. The Morgan fingerprint density at radius 2 is 2.33 bits per heavy atom. The lowest BCUT2D eigenvalue weighted by Gasteiger charge is -2.23. The third-order valence-electron chi connectivity index (χ3n) is 3.79. The van der Waals surface area contributed by atoms with Gasteiger partial charge in [-0.15, -0.1) is 0 Å². The first-order chi connectivity index (χ1) is 10.0. The van der Waals surface area contributed by atoms with Crippen LogP contribution >= 0.6 is 0 Å². The quantitative estimate of drug-likeness (QED) is 0.867. The van der Waals surface area contributed by atoms with Crippen LogP contribution in [-0.2, 0) is 11.3 Å². The Hall–Kier alpha value is -2.31. The molecule has 1 fully saturated rings. The van der Waals surface area contributed by atoms with E-state index in [1.807, 2.05) is 0 Å². The van der Waals surface area contributed by atoms with Gasteiger partial charge >= 0.3 is 12.0 Å². The van der Waals surface area contributed by atoms with Gasteiger partial charge in [-0.1, -0.05) is 0 Å². The van der Waals surface area contributed by atoms with Crippen LogP contribution in [0.1, 0.15) is 18.9 Å². The molecule has 21 heavy (non-hydrogen) atoms. The highest BCUT2D eigenvalue weighted by Crippen LogP contribution is 2.24. The highest BCUT2D eigenvalue weighted by molar-refractivity contribution is 5.78. The number of urea groups is 1. The van der Waals surface area contributed by atoms with Crippen LogP contribution in [0.4, 0.5) is 4.79 Å². The third-order valence-corrected chi connectivity index (χ3v) is 3.79. The van der Waals surface area contributed by atoms with Gasteiger partial charge < -0.3 is 20.1 Å². The molecule has 0 aliphatic carbocycles. The second-order valence-electron chi connectivity index (χ2n) is 5.03. The van der Waals surface area contributed by atoms with Gasteiger partial charge in [-0.2, -0.15) is 0 Å². The molecule has 2 amide bonds. The number of nitrogens with one attached hydrogen (secondary N) is 1. The van der Waals surface area contributed by atoms with E-state index in [1.54, 1.807) is 30.2 Å². The van der Waals surface area contributed by atoms with Crippen molar-refractivity contribution in [2.24, 2.45) is 5.92 Å². The van der Waals surface area contributed by atoms with E-state index in [4.69, 9.17) is 9.84 Å². The maximum Gasteiger partial charge on any atom is 0.317 e. The Morgan fingerprint density at radius 3 is 2.95 bits per heavy atom. The van der Waals surface area contributed by atoms with E-state index in [0.29, 0.717) is 25.4 Å². The van der Waals surface area contributed by atoms with E-state index in [1.165, 1.54) is 7.11 Å². The number of aromatic nitrogens is 1. The van der Waals surface area contributed by atoms with E-state index in [9.17, 15) is 9.59 Å². The van der Waals surface area contributed by atoms with Crippen molar-refractivity contribution in [1.82, 2.24) is 15.2 Å². The second-order valence-corrected chi connectivity index (χ2v) is 5.03. The summed E-state index contributed by atoms with van der Waals surface area (Å²) in [5, 5.41) is 11.9. The number of carbonyl (C=O) groups excluding carboxylic acids is 1. The topological polar surface area (TPSA) is 91.8 Å². The fraction of sp³-hybridized carbons (Fsp3) is 0.500. The van der Waals surface area contributed by atoms with Crippen LogP contribution in [0.15, 0.2) is 18.3 Å². The normalized spacial score (nSPS) is 21.1. The van der Waals surface area contributed by atoms with Crippen molar-refractivity contribution in [3.8, 4) is 5.88 Å². The van der Waals surface area contributed by atoms with Gasteiger partial charge in [0.2, 0.25) is 5.88 Å². The SMILES string of the molecule is COc1cc(CNC(=O)N2CCC(C(=O)O)C2C)ccn1. The zero-order valence-electron chi connectivity index (χ0n) is 12.1. The summed E-state index contributed by atoms with van der Waals surface area (Å²) in [5.41, 5.74) is 0.872. The number of nitrogens with zero attached hydrogens (tertiary/aromatic N) is 2. The maximum absolute atomic E-state index is 12.1. The molecule has 114 valence electrons. The predicted molar refractivity (Wildman–Crippen MR) is 74.9 cm³/mol.